The number of carbonyl (C=O) groups is 2. The van der Waals surface area contributed by atoms with Gasteiger partial charge in [-0.25, -0.2) is 8.42 Å². The molecular weight excluding hydrogens is 352 g/mol. The van der Waals surface area contributed by atoms with E-state index >= 15 is 0 Å². The molecule has 0 radical (unpaired) electrons. The first kappa shape index (κ1) is 21.9. The summed E-state index contributed by atoms with van der Waals surface area (Å²) < 4.78 is 24.3. The van der Waals surface area contributed by atoms with E-state index in [9.17, 15) is 18.6 Å². The lowest BCUT2D eigenvalue weighted by Gasteiger charge is -2.07. The summed E-state index contributed by atoms with van der Waals surface area (Å²) in [5, 5.41) is 33.9. The summed E-state index contributed by atoms with van der Waals surface area (Å²) in [6, 6.07) is 11.2. The minimum atomic E-state index is -3.90. The largest absolute Gasteiger partial charge is 0.507 e. The van der Waals surface area contributed by atoms with Crippen LogP contribution in [-0.4, -0.2) is 40.8 Å². The zero-order chi connectivity index (χ0) is 19.6. The van der Waals surface area contributed by atoms with E-state index in [-0.39, 0.29) is 21.3 Å². The summed E-state index contributed by atoms with van der Waals surface area (Å²) in [5.41, 5.74) is 0. The number of phenolic OH excluding ortho intramolecular Hbond substituents is 2. The number of sulfone groups is 1. The predicted molar refractivity (Wildman–Crippen MR) is 88.3 cm³/mol. The average Bonchev–Trinajstić information content (AvgIpc) is 2.46. The van der Waals surface area contributed by atoms with Crippen LogP contribution in [0.25, 0.3) is 0 Å². The number of rotatable bonds is 2. The molecule has 0 heterocycles. The van der Waals surface area contributed by atoms with E-state index in [1.807, 2.05) is 0 Å². The van der Waals surface area contributed by atoms with Crippen molar-refractivity contribution in [2.75, 3.05) is 0 Å². The van der Waals surface area contributed by atoms with Gasteiger partial charge in [-0.05, 0) is 24.3 Å². The Hall–Kier alpha value is -3.07. The summed E-state index contributed by atoms with van der Waals surface area (Å²) in [7, 11) is -3.90. The van der Waals surface area contributed by atoms with Gasteiger partial charge in [0.2, 0.25) is 9.84 Å². The molecule has 0 unspecified atom stereocenters. The van der Waals surface area contributed by atoms with Crippen molar-refractivity contribution in [3.8, 4) is 11.5 Å². The summed E-state index contributed by atoms with van der Waals surface area (Å²) >= 11 is 0. The number of hydrogen-bond donors (Lipinski definition) is 4. The molecule has 0 aliphatic carbocycles. The summed E-state index contributed by atoms with van der Waals surface area (Å²) in [5.74, 6) is -2.34. The number of aromatic hydroxyl groups is 2. The third kappa shape index (κ3) is 7.84. The topological polar surface area (TPSA) is 149 Å². The molecule has 0 saturated carbocycles. The van der Waals surface area contributed by atoms with Crippen LogP contribution >= 0.6 is 0 Å². The van der Waals surface area contributed by atoms with Crippen LogP contribution in [0.2, 0.25) is 0 Å². The van der Waals surface area contributed by atoms with Gasteiger partial charge in [0.1, 0.15) is 21.3 Å². The lowest BCUT2D eigenvalue weighted by molar-refractivity contribution is -0.135. The second-order valence-corrected chi connectivity index (χ2v) is 6.36. The zero-order valence-corrected chi connectivity index (χ0v) is 14.3. The monoisotopic (exact) mass is 370 g/mol. The Balaban J connectivity index is 0.000000609. The molecule has 0 amide bonds. The highest BCUT2D eigenvalue weighted by atomic mass is 32.2. The van der Waals surface area contributed by atoms with Crippen molar-refractivity contribution in [2.24, 2.45) is 0 Å². The Morgan fingerprint density at radius 1 is 0.720 bits per heavy atom. The summed E-state index contributed by atoms with van der Waals surface area (Å²) in [4.78, 5) is 17.6. The third-order valence-corrected chi connectivity index (χ3v) is 4.16. The number of aliphatic carboxylic acids is 2. The molecule has 0 aliphatic heterocycles. The van der Waals surface area contributed by atoms with Gasteiger partial charge in [-0.15, -0.1) is 0 Å². The molecule has 0 fully saturated rings. The van der Waals surface area contributed by atoms with E-state index in [4.69, 9.17) is 19.8 Å². The standard InChI is InChI=1S/C12H10O4S.2C2H4O2/c13-9-5-1-3-7-11(9)17(15,16)12-8-4-2-6-10(12)14;2*1-2(3)4/h1-8,13-14H;2*1H3,(H,3,4). The predicted octanol–water partition coefficient (Wildman–Crippen LogP) is 2.11. The van der Waals surface area contributed by atoms with Crippen LogP contribution < -0.4 is 0 Å². The highest BCUT2D eigenvalue weighted by Gasteiger charge is 2.23. The Labute approximate surface area is 144 Å². The minimum absolute atomic E-state index is 0.221. The lowest BCUT2D eigenvalue weighted by Crippen LogP contribution is -2.02. The zero-order valence-electron chi connectivity index (χ0n) is 13.4. The van der Waals surface area contributed by atoms with Crippen LogP contribution in [0, 0.1) is 0 Å². The smallest absolute Gasteiger partial charge is 0.300 e. The molecule has 8 nitrogen and oxygen atoms in total. The number of carboxylic acid groups (broad SMARTS) is 2. The molecule has 9 heteroatoms. The van der Waals surface area contributed by atoms with Crippen molar-refractivity contribution in [1.29, 1.82) is 0 Å². The molecule has 136 valence electrons. The molecular formula is C16H18O8S. The van der Waals surface area contributed by atoms with E-state index in [0.717, 1.165) is 13.8 Å². The van der Waals surface area contributed by atoms with Crippen LogP contribution in [0.4, 0.5) is 0 Å². The van der Waals surface area contributed by atoms with Crippen LogP contribution in [0.1, 0.15) is 13.8 Å². The first-order valence-electron chi connectivity index (χ1n) is 6.70. The number of carboxylic acids is 2. The quantitative estimate of drug-likeness (QED) is 0.628. The molecule has 2 rings (SSSR count). The van der Waals surface area contributed by atoms with E-state index in [2.05, 4.69) is 0 Å². The molecule has 0 bridgehead atoms. The maximum absolute atomic E-state index is 12.2. The first-order chi connectivity index (χ1) is 11.5. The molecule has 0 aliphatic rings. The Bertz CT molecular complexity index is 756. The Kier molecular flexibility index (Phi) is 8.71. The number of hydrogen-bond acceptors (Lipinski definition) is 6. The van der Waals surface area contributed by atoms with Gasteiger partial charge in [-0.2, -0.15) is 0 Å². The van der Waals surface area contributed by atoms with Crippen molar-refractivity contribution in [2.45, 2.75) is 23.6 Å². The van der Waals surface area contributed by atoms with Crippen LogP contribution in [0.5, 0.6) is 11.5 Å². The molecule has 0 saturated heterocycles. The van der Waals surface area contributed by atoms with Crippen molar-refractivity contribution in [1.82, 2.24) is 0 Å². The maximum Gasteiger partial charge on any atom is 0.300 e. The second-order valence-electron chi connectivity index (χ2n) is 4.48. The number of para-hydroxylation sites is 2. The summed E-state index contributed by atoms with van der Waals surface area (Å²) in [6.45, 7) is 2.17. The van der Waals surface area contributed by atoms with Crippen LogP contribution in [0.15, 0.2) is 58.3 Å². The van der Waals surface area contributed by atoms with Crippen LogP contribution in [-0.2, 0) is 19.4 Å². The van der Waals surface area contributed by atoms with E-state index in [1.54, 1.807) is 0 Å². The summed E-state index contributed by atoms with van der Waals surface area (Å²) in [6.07, 6.45) is 0. The Morgan fingerprint density at radius 2 is 0.960 bits per heavy atom. The van der Waals surface area contributed by atoms with Crippen molar-refractivity contribution in [3.05, 3.63) is 48.5 Å². The minimum Gasteiger partial charge on any atom is -0.507 e. The van der Waals surface area contributed by atoms with Gasteiger partial charge in [0.25, 0.3) is 11.9 Å². The molecule has 2 aromatic rings. The lowest BCUT2D eigenvalue weighted by atomic mass is 10.3. The van der Waals surface area contributed by atoms with Gasteiger partial charge in [-0.3, -0.25) is 9.59 Å². The van der Waals surface area contributed by atoms with Crippen molar-refractivity contribution in [3.63, 3.8) is 0 Å². The fourth-order valence-corrected chi connectivity index (χ4v) is 2.93. The fourth-order valence-electron chi connectivity index (χ4n) is 1.49. The average molecular weight is 370 g/mol. The van der Waals surface area contributed by atoms with E-state index in [0.29, 0.717) is 0 Å². The highest BCUT2D eigenvalue weighted by Crippen LogP contribution is 2.32. The first-order valence-corrected chi connectivity index (χ1v) is 8.18. The van der Waals surface area contributed by atoms with E-state index in [1.165, 1.54) is 48.5 Å². The molecule has 0 spiro atoms. The fraction of sp³-hybridized carbons (Fsp3) is 0.125. The SMILES string of the molecule is CC(=O)O.CC(=O)O.O=S(=O)(c1ccccc1O)c1ccccc1O. The molecule has 25 heavy (non-hydrogen) atoms. The van der Waals surface area contributed by atoms with Gasteiger partial charge in [-0.1, -0.05) is 24.3 Å². The second kappa shape index (κ2) is 9.93. The van der Waals surface area contributed by atoms with Crippen molar-refractivity contribution < 1.29 is 38.4 Å². The number of benzene rings is 2. The van der Waals surface area contributed by atoms with Gasteiger partial charge in [0.15, 0.2) is 0 Å². The third-order valence-electron chi connectivity index (χ3n) is 2.31. The van der Waals surface area contributed by atoms with Gasteiger partial charge < -0.3 is 20.4 Å². The maximum atomic E-state index is 12.2. The van der Waals surface area contributed by atoms with Gasteiger partial charge in [0.05, 0.1) is 0 Å². The highest BCUT2D eigenvalue weighted by molar-refractivity contribution is 7.91. The van der Waals surface area contributed by atoms with Gasteiger partial charge in [0, 0.05) is 13.8 Å². The molecule has 0 aromatic heterocycles. The van der Waals surface area contributed by atoms with Gasteiger partial charge >= 0.3 is 0 Å². The molecule has 4 N–H and O–H groups in total. The Morgan fingerprint density at radius 3 is 1.20 bits per heavy atom. The van der Waals surface area contributed by atoms with E-state index < -0.39 is 21.8 Å². The normalized spacial score (nSPS) is 9.68. The van der Waals surface area contributed by atoms with Crippen LogP contribution in [0.3, 0.4) is 0 Å². The molecule has 2 aromatic carbocycles. The van der Waals surface area contributed by atoms with Crippen molar-refractivity contribution >= 4 is 21.8 Å². The molecule has 0 atom stereocenters. The number of phenols is 2.